The molecular weight excluding hydrogens is 340 g/mol. The number of benzene rings is 3. The third-order valence-electron chi connectivity index (χ3n) is 4.62. The molecule has 0 spiro atoms. The fourth-order valence-corrected chi connectivity index (χ4v) is 3.28. The molecule has 0 saturated carbocycles. The minimum atomic E-state index is -0.0621. The van der Waals surface area contributed by atoms with Gasteiger partial charge in [-0.15, -0.1) is 0 Å². The normalized spacial score (nSPS) is 11.6. The molecule has 0 aliphatic rings. The van der Waals surface area contributed by atoms with Crippen LogP contribution in [0, 0.1) is 0 Å². The summed E-state index contributed by atoms with van der Waals surface area (Å²) in [6, 6.07) is 22.1. The third-order valence-corrected chi connectivity index (χ3v) is 4.62. The van der Waals surface area contributed by atoms with Gasteiger partial charge in [0.2, 0.25) is 0 Å². The van der Waals surface area contributed by atoms with E-state index < -0.39 is 0 Å². The lowest BCUT2D eigenvalue weighted by Gasteiger charge is -2.24. The van der Waals surface area contributed by atoms with E-state index in [1.807, 2.05) is 42.5 Å². The summed E-state index contributed by atoms with van der Waals surface area (Å²) in [5.74, 6) is 2.88. The van der Waals surface area contributed by atoms with Crippen molar-refractivity contribution in [2.24, 2.45) is 0 Å². The largest absolute Gasteiger partial charge is 0.497 e. The second-order valence-electron chi connectivity index (χ2n) is 6.06. The maximum Gasteiger partial charge on any atom is 0.130 e. The van der Waals surface area contributed by atoms with Gasteiger partial charge in [-0.25, -0.2) is 0 Å². The van der Waals surface area contributed by atoms with Crippen molar-refractivity contribution in [3.63, 3.8) is 0 Å². The van der Waals surface area contributed by atoms with Gasteiger partial charge in [0, 0.05) is 23.6 Å². The first kappa shape index (κ1) is 18.6. The van der Waals surface area contributed by atoms with E-state index >= 15 is 0 Å². The molecule has 3 aromatic carbocycles. The Morgan fingerprint density at radius 3 is 1.56 bits per heavy atom. The highest BCUT2D eigenvalue weighted by atomic mass is 16.5. The Balaban J connectivity index is 2.24. The standard InChI is InChI=1S/C23H24O4/c1-24-18-12-10-17(11-13-18)22(16-8-6-5-7-9-16)23-20(26-3)14-19(25-2)15-21(23)27-4/h5-15,22H,1-4H3. The number of rotatable bonds is 7. The molecule has 0 amide bonds. The van der Waals surface area contributed by atoms with Crippen LogP contribution in [-0.2, 0) is 0 Å². The molecule has 0 aliphatic carbocycles. The molecular formula is C23H24O4. The lowest BCUT2D eigenvalue weighted by atomic mass is 9.84. The molecule has 0 radical (unpaired) electrons. The van der Waals surface area contributed by atoms with E-state index in [4.69, 9.17) is 18.9 Å². The predicted molar refractivity (Wildman–Crippen MR) is 106 cm³/mol. The summed E-state index contributed by atoms with van der Waals surface area (Å²) >= 11 is 0. The Hall–Kier alpha value is -3.14. The van der Waals surface area contributed by atoms with E-state index in [1.54, 1.807) is 28.4 Å². The summed E-state index contributed by atoms with van der Waals surface area (Å²) in [6.45, 7) is 0. The summed E-state index contributed by atoms with van der Waals surface area (Å²) in [6.07, 6.45) is 0. The van der Waals surface area contributed by atoms with Crippen LogP contribution < -0.4 is 18.9 Å². The van der Waals surface area contributed by atoms with Crippen LogP contribution in [0.3, 0.4) is 0 Å². The Bertz CT molecular complexity index is 848. The fourth-order valence-electron chi connectivity index (χ4n) is 3.28. The topological polar surface area (TPSA) is 36.9 Å². The first-order valence-corrected chi connectivity index (χ1v) is 8.70. The van der Waals surface area contributed by atoms with E-state index in [2.05, 4.69) is 24.3 Å². The van der Waals surface area contributed by atoms with Gasteiger partial charge < -0.3 is 18.9 Å². The molecule has 1 unspecified atom stereocenters. The van der Waals surface area contributed by atoms with Crippen LogP contribution >= 0.6 is 0 Å². The smallest absolute Gasteiger partial charge is 0.130 e. The average Bonchev–Trinajstić information content (AvgIpc) is 2.75. The fraction of sp³-hybridized carbons (Fsp3) is 0.217. The average molecular weight is 364 g/mol. The van der Waals surface area contributed by atoms with Gasteiger partial charge in [0.25, 0.3) is 0 Å². The highest BCUT2D eigenvalue weighted by molar-refractivity contribution is 5.59. The van der Waals surface area contributed by atoms with E-state index in [-0.39, 0.29) is 5.92 Å². The highest BCUT2D eigenvalue weighted by Gasteiger charge is 2.25. The van der Waals surface area contributed by atoms with E-state index in [0.29, 0.717) is 5.75 Å². The highest BCUT2D eigenvalue weighted by Crippen LogP contribution is 2.45. The van der Waals surface area contributed by atoms with Gasteiger partial charge in [-0.2, -0.15) is 0 Å². The SMILES string of the molecule is COc1ccc(C(c2ccccc2)c2c(OC)cc(OC)cc2OC)cc1. The molecule has 0 saturated heterocycles. The number of methoxy groups -OCH3 is 4. The van der Waals surface area contributed by atoms with Crippen LogP contribution in [0.25, 0.3) is 0 Å². The molecule has 4 nitrogen and oxygen atoms in total. The summed E-state index contributed by atoms with van der Waals surface area (Å²) in [5.41, 5.74) is 3.21. The second-order valence-corrected chi connectivity index (χ2v) is 6.06. The van der Waals surface area contributed by atoms with Gasteiger partial charge >= 0.3 is 0 Å². The first-order chi connectivity index (χ1) is 13.2. The van der Waals surface area contributed by atoms with Crippen LogP contribution in [-0.4, -0.2) is 28.4 Å². The summed E-state index contributed by atoms with van der Waals surface area (Å²) in [5, 5.41) is 0. The minimum absolute atomic E-state index is 0.0621. The molecule has 0 bridgehead atoms. The molecule has 0 aliphatic heterocycles. The van der Waals surface area contributed by atoms with Gasteiger partial charge in [-0.1, -0.05) is 42.5 Å². The molecule has 0 aromatic heterocycles. The summed E-state index contributed by atoms with van der Waals surface area (Å²) in [4.78, 5) is 0. The van der Waals surface area contributed by atoms with Crippen molar-refractivity contribution in [2.75, 3.05) is 28.4 Å². The number of hydrogen-bond acceptors (Lipinski definition) is 4. The molecule has 0 heterocycles. The molecule has 4 heteroatoms. The zero-order chi connectivity index (χ0) is 19.2. The number of ether oxygens (including phenoxy) is 4. The molecule has 1 atom stereocenters. The zero-order valence-electron chi connectivity index (χ0n) is 16.1. The van der Waals surface area contributed by atoms with Crippen LogP contribution in [0.5, 0.6) is 23.0 Å². The Kier molecular flexibility index (Phi) is 5.87. The summed E-state index contributed by atoms with van der Waals surface area (Å²) < 4.78 is 22.1. The maximum absolute atomic E-state index is 5.71. The van der Waals surface area contributed by atoms with Crippen molar-refractivity contribution >= 4 is 0 Å². The third kappa shape index (κ3) is 3.85. The molecule has 3 rings (SSSR count). The van der Waals surface area contributed by atoms with E-state index in [9.17, 15) is 0 Å². The molecule has 0 fully saturated rings. The summed E-state index contributed by atoms with van der Waals surface area (Å²) in [7, 11) is 6.62. The Morgan fingerprint density at radius 2 is 1.07 bits per heavy atom. The maximum atomic E-state index is 5.71. The van der Waals surface area contributed by atoms with Crippen molar-refractivity contribution in [3.8, 4) is 23.0 Å². The second kappa shape index (κ2) is 8.49. The van der Waals surface area contributed by atoms with Gasteiger partial charge in [0.05, 0.1) is 28.4 Å². The monoisotopic (exact) mass is 364 g/mol. The zero-order valence-corrected chi connectivity index (χ0v) is 16.1. The molecule has 3 aromatic rings. The van der Waals surface area contributed by atoms with Crippen molar-refractivity contribution in [1.82, 2.24) is 0 Å². The quantitative estimate of drug-likeness (QED) is 0.559. The lowest BCUT2D eigenvalue weighted by molar-refractivity contribution is 0.368. The van der Waals surface area contributed by atoms with Crippen LogP contribution in [0.4, 0.5) is 0 Å². The Labute approximate surface area is 160 Å². The van der Waals surface area contributed by atoms with Crippen LogP contribution in [0.1, 0.15) is 22.6 Å². The number of hydrogen-bond donors (Lipinski definition) is 0. The minimum Gasteiger partial charge on any atom is -0.497 e. The van der Waals surface area contributed by atoms with Gasteiger partial charge in [-0.3, -0.25) is 0 Å². The molecule has 27 heavy (non-hydrogen) atoms. The van der Waals surface area contributed by atoms with Crippen molar-refractivity contribution in [1.29, 1.82) is 0 Å². The van der Waals surface area contributed by atoms with Gasteiger partial charge in [0.15, 0.2) is 0 Å². The lowest BCUT2D eigenvalue weighted by Crippen LogP contribution is -2.08. The molecule has 0 N–H and O–H groups in total. The van der Waals surface area contributed by atoms with Gasteiger partial charge in [0.1, 0.15) is 23.0 Å². The van der Waals surface area contributed by atoms with E-state index in [0.717, 1.165) is 33.9 Å². The predicted octanol–water partition coefficient (Wildman–Crippen LogP) is 4.90. The van der Waals surface area contributed by atoms with Crippen LogP contribution in [0.15, 0.2) is 66.7 Å². The van der Waals surface area contributed by atoms with Gasteiger partial charge in [-0.05, 0) is 23.3 Å². The van der Waals surface area contributed by atoms with Crippen LogP contribution in [0.2, 0.25) is 0 Å². The first-order valence-electron chi connectivity index (χ1n) is 8.70. The molecule has 140 valence electrons. The van der Waals surface area contributed by atoms with E-state index in [1.165, 1.54) is 0 Å². The van der Waals surface area contributed by atoms with Crippen molar-refractivity contribution in [3.05, 3.63) is 83.4 Å². The Morgan fingerprint density at radius 1 is 0.556 bits per heavy atom. The van der Waals surface area contributed by atoms with Crippen molar-refractivity contribution in [2.45, 2.75) is 5.92 Å². The van der Waals surface area contributed by atoms with Crippen molar-refractivity contribution < 1.29 is 18.9 Å².